The number of hydrogen-bond donors (Lipinski definition) is 1. The maximum absolute atomic E-state index is 12.0. The summed E-state index contributed by atoms with van der Waals surface area (Å²) >= 11 is 0. The lowest BCUT2D eigenvalue weighted by molar-refractivity contribution is -0.144. The monoisotopic (exact) mass is 703 g/mol. The molecule has 10 unspecified atom stereocenters. The van der Waals surface area contributed by atoms with E-state index in [1.807, 2.05) is 0 Å². The van der Waals surface area contributed by atoms with Crippen LogP contribution in [0.1, 0.15) is 181 Å². The van der Waals surface area contributed by atoms with Gasteiger partial charge in [-0.1, -0.05) is 117 Å². The number of hydrogen-bond acceptors (Lipinski definition) is 6. The molecular weight excluding hydrogens is 624 g/mol. The zero-order valence-electron chi connectivity index (χ0n) is 32.6. The first-order valence-corrected chi connectivity index (χ1v) is 22.3. The van der Waals surface area contributed by atoms with Gasteiger partial charge in [0.1, 0.15) is 18.8 Å². The maximum atomic E-state index is 12.0. The minimum absolute atomic E-state index is 0.0461. The van der Waals surface area contributed by atoms with Crippen LogP contribution in [-0.2, 0) is 23.7 Å². The van der Waals surface area contributed by atoms with Crippen molar-refractivity contribution in [3.63, 3.8) is 0 Å². The van der Waals surface area contributed by atoms with Gasteiger partial charge in [0.25, 0.3) is 0 Å². The molecule has 0 aromatic rings. The Hall–Kier alpha value is -0.690. The molecule has 6 heteroatoms. The van der Waals surface area contributed by atoms with Crippen LogP contribution in [0.3, 0.4) is 0 Å². The highest BCUT2D eigenvalue weighted by Crippen LogP contribution is 2.63. The number of unbranched alkanes of at least 4 members (excludes halogenated alkanes) is 12. The normalized spacial score (nSPS) is 33.3. The summed E-state index contributed by atoms with van der Waals surface area (Å²) in [5, 5.41) is 10.1. The quantitative estimate of drug-likeness (QED) is 0.0362. The van der Waals surface area contributed by atoms with Crippen molar-refractivity contribution in [2.75, 3.05) is 26.4 Å². The van der Waals surface area contributed by atoms with Gasteiger partial charge in [0.05, 0.1) is 19.8 Å². The summed E-state index contributed by atoms with van der Waals surface area (Å²) < 4.78 is 21.2. The maximum Gasteiger partial charge on any atom is 0.305 e. The molecule has 2 aliphatic heterocycles. The van der Waals surface area contributed by atoms with Gasteiger partial charge in [-0.2, -0.15) is 0 Å². The first-order valence-electron chi connectivity index (χ1n) is 22.3. The Bertz CT molecular complexity index is 918. The molecule has 0 spiro atoms. The predicted octanol–water partition coefficient (Wildman–Crippen LogP) is 10.8. The lowest BCUT2D eigenvalue weighted by Crippen LogP contribution is -2.54. The minimum Gasteiger partial charge on any atom is -0.463 e. The molecule has 50 heavy (non-hydrogen) atoms. The first kappa shape index (κ1) is 40.5. The van der Waals surface area contributed by atoms with Gasteiger partial charge in [-0.05, 0) is 105 Å². The van der Waals surface area contributed by atoms with E-state index >= 15 is 0 Å². The molecule has 0 radical (unpaired) electrons. The largest absolute Gasteiger partial charge is 0.463 e. The van der Waals surface area contributed by atoms with Gasteiger partial charge in [0, 0.05) is 6.42 Å². The van der Waals surface area contributed by atoms with Gasteiger partial charge in [0.2, 0.25) is 0 Å². The number of aliphatic hydroxyl groups is 1. The van der Waals surface area contributed by atoms with E-state index in [-0.39, 0.29) is 18.2 Å². The molecule has 290 valence electrons. The molecule has 0 bridgehead atoms. The van der Waals surface area contributed by atoms with Crippen LogP contribution >= 0.6 is 0 Å². The van der Waals surface area contributed by atoms with Crippen LogP contribution in [0.4, 0.5) is 0 Å². The standard InChI is InChI=1S/C44H78O6/c1-3-5-7-14-20-34-28-41-38(22-16-11-9-13-18-24-44(46)50-32-36-30-48-36)37(39-25-26-40(39)42(41)27-33(34)19-6-4-2)21-15-10-8-12-17-23-43(45)49-31-35-29-47-35/h33-42,44,46H,3-32H2,1-2H3/t33?,34?,35?,36?,37?,38?,39?,40-,41?,42?,44?/m0/s1. The van der Waals surface area contributed by atoms with Crippen molar-refractivity contribution in [3.05, 3.63) is 0 Å². The number of epoxide rings is 2. The fourth-order valence-corrected chi connectivity index (χ4v) is 10.8. The lowest BCUT2D eigenvalue weighted by atomic mass is 9.44. The van der Waals surface area contributed by atoms with Gasteiger partial charge in [-0.25, -0.2) is 0 Å². The Morgan fingerprint density at radius 3 is 1.82 bits per heavy atom. The van der Waals surface area contributed by atoms with Crippen molar-refractivity contribution in [2.45, 2.75) is 199 Å². The third-order valence-corrected chi connectivity index (χ3v) is 13.9. The Balaban J connectivity index is 1.10. The van der Waals surface area contributed by atoms with Gasteiger partial charge < -0.3 is 24.1 Å². The highest BCUT2D eigenvalue weighted by molar-refractivity contribution is 5.69. The smallest absolute Gasteiger partial charge is 0.305 e. The van der Waals surface area contributed by atoms with Crippen LogP contribution in [0.15, 0.2) is 0 Å². The number of ether oxygens (including phenoxy) is 4. The summed E-state index contributed by atoms with van der Waals surface area (Å²) in [7, 11) is 0. The third kappa shape index (κ3) is 13.6. The van der Waals surface area contributed by atoms with Crippen LogP contribution < -0.4 is 0 Å². The van der Waals surface area contributed by atoms with Gasteiger partial charge in [-0.15, -0.1) is 0 Å². The Labute approximate surface area is 307 Å². The van der Waals surface area contributed by atoms with Crippen molar-refractivity contribution < 1.29 is 28.8 Å². The average Bonchev–Trinajstić information content (AvgIpc) is 4.04. The molecule has 5 rings (SSSR count). The fourth-order valence-electron chi connectivity index (χ4n) is 10.8. The number of esters is 1. The van der Waals surface area contributed by atoms with Crippen LogP contribution in [0.2, 0.25) is 0 Å². The fraction of sp³-hybridized carbons (Fsp3) is 0.977. The van der Waals surface area contributed by atoms with E-state index in [9.17, 15) is 9.90 Å². The van der Waals surface area contributed by atoms with Crippen LogP contribution in [0.5, 0.6) is 0 Å². The number of aliphatic hydroxyl groups excluding tert-OH is 1. The molecule has 0 amide bonds. The topological polar surface area (TPSA) is 80.8 Å². The summed E-state index contributed by atoms with van der Waals surface area (Å²) in [6.45, 7) is 7.26. The molecule has 2 saturated heterocycles. The Morgan fingerprint density at radius 2 is 1.16 bits per heavy atom. The van der Waals surface area contributed by atoms with Crippen LogP contribution in [-0.4, -0.2) is 56.0 Å². The zero-order chi connectivity index (χ0) is 35.0. The predicted molar refractivity (Wildman–Crippen MR) is 202 cm³/mol. The molecule has 3 aliphatic carbocycles. The molecule has 2 heterocycles. The molecule has 0 aromatic carbocycles. The SMILES string of the molecule is CCCCCCC1CC2C(CCCCCCCC(O)OCC3CO3)C(CCCCCCCC(=O)OCC3CO3)C3CC[C@@H]3C2CC1CCCC. The van der Waals surface area contributed by atoms with Crippen molar-refractivity contribution in [1.82, 2.24) is 0 Å². The van der Waals surface area contributed by atoms with Crippen molar-refractivity contribution in [2.24, 2.45) is 47.3 Å². The second-order valence-corrected chi connectivity index (χ2v) is 17.6. The molecule has 5 fully saturated rings. The summed E-state index contributed by atoms with van der Waals surface area (Å²) in [5.41, 5.74) is 0. The number of fused-ring (bicyclic) bond motifs is 3. The van der Waals surface area contributed by atoms with Crippen molar-refractivity contribution in [1.29, 1.82) is 0 Å². The number of carbonyl (C=O) groups is 1. The Kier molecular flexibility index (Phi) is 18.2. The summed E-state index contributed by atoms with van der Waals surface area (Å²) in [5.74, 6) is 7.83. The van der Waals surface area contributed by atoms with Gasteiger partial charge >= 0.3 is 5.97 Å². The third-order valence-electron chi connectivity index (χ3n) is 13.9. The van der Waals surface area contributed by atoms with Crippen LogP contribution in [0.25, 0.3) is 0 Å². The summed E-state index contributed by atoms with van der Waals surface area (Å²) in [6.07, 6.45) is 33.9. The minimum atomic E-state index is -0.624. The second kappa shape index (κ2) is 22.5. The molecule has 5 aliphatic rings. The highest BCUT2D eigenvalue weighted by Gasteiger charge is 2.55. The molecule has 1 N–H and O–H groups in total. The van der Waals surface area contributed by atoms with E-state index in [1.54, 1.807) is 12.8 Å². The average molecular weight is 703 g/mol. The number of rotatable bonds is 29. The molecule has 3 saturated carbocycles. The van der Waals surface area contributed by atoms with E-state index in [0.29, 0.717) is 19.6 Å². The van der Waals surface area contributed by atoms with E-state index in [2.05, 4.69) is 13.8 Å². The van der Waals surface area contributed by atoms with Crippen molar-refractivity contribution >= 4 is 5.97 Å². The van der Waals surface area contributed by atoms with E-state index in [4.69, 9.17) is 18.9 Å². The first-order chi connectivity index (χ1) is 24.6. The van der Waals surface area contributed by atoms with Gasteiger partial charge in [0.15, 0.2) is 6.29 Å². The molecule has 6 nitrogen and oxygen atoms in total. The molecule has 11 atom stereocenters. The highest BCUT2D eigenvalue weighted by atomic mass is 16.6. The number of carbonyl (C=O) groups excluding carboxylic acids is 1. The van der Waals surface area contributed by atoms with E-state index < -0.39 is 6.29 Å². The molecule has 0 aromatic heterocycles. The lowest BCUT2D eigenvalue weighted by Gasteiger charge is -2.61. The summed E-state index contributed by atoms with van der Waals surface area (Å²) in [6, 6.07) is 0. The van der Waals surface area contributed by atoms with Crippen molar-refractivity contribution in [3.8, 4) is 0 Å². The van der Waals surface area contributed by atoms with Gasteiger partial charge in [-0.3, -0.25) is 4.79 Å². The van der Waals surface area contributed by atoms with E-state index in [0.717, 1.165) is 86.2 Å². The summed E-state index contributed by atoms with van der Waals surface area (Å²) in [4.78, 5) is 12.0. The molecular formula is C44H78O6. The zero-order valence-corrected chi connectivity index (χ0v) is 32.6. The second-order valence-electron chi connectivity index (χ2n) is 17.6. The van der Waals surface area contributed by atoms with Crippen LogP contribution in [0, 0.1) is 47.3 Å². The van der Waals surface area contributed by atoms with E-state index in [1.165, 1.54) is 122 Å². The Morgan fingerprint density at radius 1 is 0.620 bits per heavy atom.